The number of hydrogen-bond donors (Lipinski definition) is 2. The van der Waals surface area contributed by atoms with Gasteiger partial charge in [-0.2, -0.15) is 4.98 Å². The molecule has 1 fully saturated rings. The van der Waals surface area contributed by atoms with Gasteiger partial charge in [0.1, 0.15) is 17.4 Å². The fraction of sp³-hybridized carbons (Fsp3) is 0.333. The second-order valence-corrected chi connectivity index (χ2v) is 7.23. The second kappa shape index (κ2) is 7.90. The highest BCUT2D eigenvalue weighted by atomic mass is 16.5. The van der Waals surface area contributed by atoms with E-state index in [1.165, 1.54) is 0 Å². The van der Waals surface area contributed by atoms with Crippen molar-refractivity contribution in [1.29, 1.82) is 0 Å². The van der Waals surface area contributed by atoms with Crippen LogP contribution in [0.15, 0.2) is 36.5 Å². The van der Waals surface area contributed by atoms with Crippen LogP contribution in [0.25, 0.3) is 10.9 Å². The first kappa shape index (κ1) is 18.9. The molecule has 0 bridgehead atoms. The van der Waals surface area contributed by atoms with Gasteiger partial charge in [0, 0.05) is 43.7 Å². The molecule has 1 aliphatic heterocycles. The molecule has 2 aromatic heterocycles. The number of hydrogen-bond acceptors (Lipinski definition) is 7. The summed E-state index contributed by atoms with van der Waals surface area (Å²) in [5.74, 6) is 2.71. The Labute approximate surface area is 169 Å². The van der Waals surface area contributed by atoms with Crippen molar-refractivity contribution < 1.29 is 9.53 Å². The van der Waals surface area contributed by atoms with E-state index in [1.54, 1.807) is 20.2 Å². The smallest absolute Gasteiger partial charge is 0.230 e. The molecule has 0 saturated carbocycles. The highest BCUT2D eigenvalue weighted by Crippen LogP contribution is 2.31. The molecule has 8 heteroatoms. The fourth-order valence-corrected chi connectivity index (χ4v) is 3.53. The fourth-order valence-electron chi connectivity index (χ4n) is 3.53. The maximum atomic E-state index is 11.4. The zero-order valence-corrected chi connectivity index (χ0v) is 16.8. The van der Waals surface area contributed by atoms with Crippen LogP contribution in [0.3, 0.4) is 0 Å². The molecule has 3 heterocycles. The molecule has 150 valence electrons. The van der Waals surface area contributed by atoms with Crippen LogP contribution in [0.4, 0.5) is 17.6 Å². The first-order chi connectivity index (χ1) is 14.0. The van der Waals surface area contributed by atoms with Crippen molar-refractivity contribution in [2.24, 2.45) is 0 Å². The number of aryl methyl sites for hydroxylation is 1. The lowest BCUT2D eigenvalue weighted by atomic mass is 10.2. The van der Waals surface area contributed by atoms with Gasteiger partial charge in [0.25, 0.3) is 0 Å². The van der Waals surface area contributed by atoms with E-state index in [2.05, 4.69) is 25.5 Å². The van der Waals surface area contributed by atoms with E-state index in [1.807, 2.05) is 37.3 Å². The number of methoxy groups -OCH3 is 1. The molecule has 1 aromatic carbocycles. The third kappa shape index (κ3) is 4.21. The van der Waals surface area contributed by atoms with E-state index in [-0.39, 0.29) is 11.9 Å². The maximum absolute atomic E-state index is 11.4. The Hall–Kier alpha value is -3.42. The van der Waals surface area contributed by atoms with Crippen LogP contribution >= 0.6 is 0 Å². The standard InChI is InChI=1S/C21H24N6O2/c1-13-4-7-19(22-11-13)25-21-24-18-10-16(29-3)5-6-17(18)20(26-21)27-9-8-15(12-27)23-14(2)28/h4-7,10-11,15H,8-9,12H2,1-3H3,(H,23,28)(H,22,24,25,26)/t15-/m0/s1. The first-order valence-corrected chi connectivity index (χ1v) is 9.59. The van der Waals surface area contributed by atoms with Crippen LogP contribution in [0.1, 0.15) is 18.9 Å². The van der Waals surface area contributed by atoms with Gasteiger partial charge < -0.3 is 20.3 Å². The molecule has 1 amide bonds. The van der Waals surface area contributed by atoms with Crippen LogP contribution in [0.2, 0.25) is 0 Å². The van der Waals surface area contributed by atoms with Crippen molar-refractivity contribution in [1.82, 2.24) is 20.3 Å². The summed E-state index contributed by atoms with van der Waals surface area (Å²) in [4.78, 5) is 27.4. The largest absolute Gasteiger partial charge is 0.497 e. The Morgan fingerprint density at radius 3 is 2.83 bits per heavy atom. The number of fused-ring (bicyclic) bond motifs is 1. The quantitative estimate of drug-likeness (QED) is 0.690. The molecule has 3 aromatic rings. The van der Waals surface area contributed by atoms with E-state index in [0.29, 0.717) is 18.3 Å². The average molecular weight is 392 g/mol. The molecular formula is C21H24N6O2. The van der Waals surface area contributed by atoms with Crippen LogP contribution in [0.5, 0.6) is 5.75 Å². The lowest BCUT2D eigenvalue weighted by molar-refractivity contribution is -0.119. The van der Waals surface area contributed by atoms with Crippen molar-refractivity contribution in [2.45, 2.75) is 26.3 Å². The van der Waals surface area contributed by atoms with E-state index in [9.17, 15) is 4.79 Å². The summed E-state index contributed by atoms with van der Waals surface area (Å²) >= 11 is 0. The minimum Gasteiger partial charge on any atom is -0.497 e. The summed E-state index contributed by atoms with van der Waals surface area (Å²) in [5.41, 5.74) is 1.87. The Morgan fingerprint density at radius 1 is 1.24 bits per heavy atom. The number of carbonyl (C=O) groups is 1. The normalized spacial score (nSPS) is 16.1. The molecule has 1 aliphatic rings. The number of nitrogens with one attached hydrogen (secondary N) is 2. The number of rotatable bonds is 5. The summed E-state index contributed by atoms with van der Waals surface area (Å²) in [6.45, 7) is 5.06. The highest BCUT2D eigenvalue weighted by Gasteiger charge is 2.26. The zero-order chi connectivity index (χ0) is 20.4. The minimum absolute atomic E-state index is 0.0121. The molecule has 8 nitrogen and oxygen atoms in total. The highest BCUT2D eigenvalue weighted by molar-refractivity contribution is 5.92. The minimum atomic E-state index is -0.0121. The lowest BCUT2D eigenvalue weighted by Gasteiger charge is -2.20. The Bertz CT molecular complexity index is 1040. The van der Waals surface area contributed by atoms with Gasteiger partial charge in [-0.15, -0.1) is 0 Å². The van der Waals surface area contributed by atoms with Gasteiger partial charge in [-0.05, 0) is 37.1 Å². The van der Waals surface area contributed by atoms with Crippen molar-refractivity contribution >= 4 is 34.4 Å². The van der Waals surface area contributed by atoms with Crippen LogP contribution < -0.4 is 20.3 Å². The summed E-state index contributed by atoms with van der Waals surface area (Å²) in [7, 11) is 1.64. The Balaban J connectivity index is 1.71. The molecule has 0 aliphatic carbocycles. The molecule has 29 heavy (non-hydrogen) atoms. The van der Waals surface area contributed by atoms with Crippen molar-refractivity contribution in [3.8, 4) is 5.75 Å². The number of ether oxygens (including phenoxy) is 1. The van der Waals surface area contributed by atoms with Crippen LogP contribution in [0, 0.1) is 6.92 Å². The monoisotopic (exact) mass is 392 g/mol. The van der Waals surface area contributed by atoms with Gasteiger partial charge in [0.15, 0.2) is 0 Å². The van der Waals surface area contributed by atoms with Crippen molar-refractivity contribution in [3.05, 3.63) is 42.1 Å². The van der Waals surface area contributed by atoms with Crippen LogP contribution in [-0.4, -0.2) is 47.1 Å². The van der Waals surface area contributed by atoms with Gasteiger partial charge in [-0.1, -0.05) is 6.07 Å². The Morgan fingerprint density at radius 2 is 2.10 bits per heavy atom. The third-order valence-electron chi connectivity index (χ3n) is 4.93. The van der Waals surface area contributed by atoms with Crippen molar-refractivity contribution in [3.63, 3.8) is 0 Å². The molecule has 2 N–H and O–H groups in total. The number of benzene rings is 1. The van der Waals surface area contributed by atoms with Gasteiger partial charge in [-0.25, -0.2) is 9.97 Å². The summed E-state index contributed by atoms with van der Waals surface area (Å²) in [6.07, 6.45) is 2.68. The Kier molecular flexibility index (Phi) is 5.16. The van der Waals surface area contributed by atoms with Crippen molar-refractivity contribution in [2.75, 3.05) is 30.4 Å². The zero-order valence-electron chi connectivity index (χ0n) is 16.8. The predicted molar refractivity (Wildman–Crippen MR) is 113 cm³/mol. The van der Waals surface area contributed by atoms with E-state index in [0.717, 1.165) is 41.0 Å². The maximum Gasteiger partial charge on any atom is 0.230 e. The topological polar surface area (TPSA) is 92.3 Å². The average Bonchev–Trinajstić information content (AvgIpc) is 3.16. The number of amides is 1. The first-order valence-electron chi connectivity index (χ1n) is 9.59. The van der Waals surface area contributed by atoms with E-state index >= 15 is 0 Å². The SMILES string of the molecule is COc1ccc2c(N3CC[C@H](NC(C)=O)C3)nc(Nc3ccc(C)cn3)nc2c1. The number of carbonyl (C=O) groups excluding carboxylic acids is 1. The van der Waals surface area contributed by atoms with E-state index in [4.69, 9.17) is 9.72 Å². The second-order valence-electron chi connectivity index (χ2n) is 7.23. The molecular weight excluding hydrogens is 368 g/mol. The number of anilines is 3. The third-order valence-corrected chi connectivity index (χ3v) is 4.93. The number of nitrogens with zero attached hydrogens (tertiary/aromatic N) is 4. The molecule has 0 spiro atoms. The van der Waals surface area contributed by atoms with Crippen LogP contribution in [-0.2, 0) is 4.79 Å². The molecule has 0 radical (unpaired) electrons. The molecule has 0 unspecified atom stereocenters. The molecule has 4 rings (SSSR count). The van der Waals surface area contributed by atoms with Gasteiger partial charge in [-0.3, -0.25) is 4.79 Å². The summed E-state index contributed by atoms with van der Waals surface area (Å²) in [6, 6.07) is 9.78. The van der Waals surface area contributed by atoms with Gasteiger partial charge >= 0.3 is 0 Å². The van der Waals surface area contributed by atoms with E-state index < -0.39 is 0 Å². The van der Waals surface area contributed by atoms with Gasteiger partial charge in [0.05, 0.1) is 12.6 Å². The molecule has 1 saturated heterocycles. The predicted octanol–water partition coefficient (Wildman–Crippen LogP) is 2.80. The number of aromatic nitrogens is 3. The van der Waals surface area contributed by atoms with Gasteiger partial charge in [0.2, 0.25) is 11.9 Å². The molecule has 1 atom stereocenters. The lowest BCUT2D eigenvalue weighted by Crippen LogP contribution is -2.35. The summed E-state index contributed by atoms with van der Waals surface area (Å²) in [5, 5.41) is 7.14. The summed E-state index contributed by atoms with van der Waals surface area (Å²) < 4.78 is 5.37. The number of pyridine rings is 1.